The Labute approximate surface area is 99.6 Å². The number of rotatable bonds is 6. The number of carbonyl (C=O) groups is 1. The number of amides is 1. The molecule has 0 bridgehead atoms. The minimum absolute atomic E-state index is 0.324. The summed E-state index contributed by atoms with van der Waals surface area (Å²) < 4.78 is 0. The Morgan fingerprint density at radius 1 is 1.25 bits per heavy atom. The van der Waals surface area contributed by atoms with Crippen LogP contribution in [0.15, 0.2) is 0 Å². The number of nitrogens with zero attached hydrogens (tertiary/aromatic N) is 1. The fraction of sp³-hybridized carbons (Fsp3) is 0.923. The summed E-state index contributed by atoms with van der Waals surface area (Å²) in [7, 11) is 0. The van der Waals surface area contributed by atoms with Gasteiger partial charge in [-0.2, -0.15) is 0 Å². The van der Waals surface area contributed by atoms with Crippen molar-refractivity contribution >= 4 is 5.91 Å². The second-order valence-corrected chi connectivity index (χ2v) is 5.54. The average Bonchev–Trinajstić information content (AvgIpc) is 2.49. The van der Waals surface area contributed by atoms with Crippen molar-refractivity contribution in [2.24, 2.45) is 5.92 Å². The van der Waals surface area contributed by atoms with Crippen LogP contribution in [-0.2, 0) is 4.79 Å². The number of hydrogen-bond acceptors (Lipinski definition) is 2. The maximum atomic E-state index is 11.5. The molecule has 16 heavy (non-hydrogen) atoms. The van der Waals surface area contributed by atoms with Gasteiger partial charge in [0.2, 0.25) is 5.91 Å². The molecule has 1 aliphatic heterocycles. The fourth-order valence-corrected chi connectivity index (χ4v) is 2.54. The van der Waals surface area contributed by atoms with E-state index < -0.39 is 0 Å². The zero-order valence-electron chi connectivity index (χ0n) is 11.1. The van der Waals surface area contributed by atoms with Crippen molar-refractivity contribution in [1.29, 1.82) is 0 Å². The van der Waals surface area contributed by atoms with Gasteiger partial charge in [0, 0.05) is 31.6 Å². The first-order chi connectivity index (χ1) is 7.49. The molecule has 1 rings (SSSR count). The zero-order chi connectivity index (χ0) is 12.1. The van der Waals surface area contributed by atoms with Gasteiger partial charge < -0.3 is 10.2 Å². The largest absolute Gasteiger partial charge is 0.341 e. The van der Waals surface area contributed by atoms with Gasteiger partial charge in [-0.1, -0.05) is 13.8 Å². The molecule has 0 aliphatic carbocycles. The van der Waals surface area contributed by atoms with Crippen molar-refractivity contribution < 1.29 is 4.79 Å². The van der Waals surface area contributed by atoms with E-state index in [1.165, 1.54) is 6.42 Å². The van der Waals surface area contributed by atoms with Crippen LogP contribution in [0.3, 0.4) is 0 Å². The van der Waals surface area contributed by atoms with E-state index in [-0.39, 0.29) is 0 Å². The molecule has 0 aromatic carbocycles. The van der Waals surface area contributed by atoms with E-state index in [1.807, 2.05) is 4.90 Å². The molecule has 1 saturated heterocycles. The topological polar surface area (TPSA) is 32.3 Å². The van der Waals surface area contributed by atoms with E-state index >= 15 is 0 Å². The van der Waals surface area contributed by atoms with Crippen molar-refractivity contribution in [1.82, 2.24) is 10.2 Å². The number of hydrogen-bond donors (Lipinski definition) is 1. The fourth-order valence-electron chi connectivity index (χ4n) is 2.54. The number of carbonyl (C=O) groups excluding carboxylic acids is 1. The molecule has 2 unspecified atom stereocenters. The minimum atomic E-state index is 0.324. The Morgan fingerprint density at radius 3 is 2.44 bits per heavy atom. The van der Waals surface area contributed by atoms with E-state index in [9.17, 15) is 4.79 Å². The van der Waals surface area contributed by atoms with Crippen LogP contribution in [0.2, 0.25) is 0 Å². The third kappa shape index (κ3) is 4.52. The highest BCUT2D eigenvalue weighted by Crippen LogP contribution is 2.10. The first kappa shape index (κ1) is 13.5. The molecule has 0 radical (unpaired) electrons. The highest BCUT2D eigenvalue weighted by atomic mass is 16.2. The molecule has 1 heterocycles. The quantitative estimate of drug-likeness (QED) is 0.751. The van der Waals surface area contributed by atoms with E-state index in [0.717, 1.165) is 31.8 Å². The Kier molecular flexibility index (Phi) is 5.26. The molecule has 94 valence electrons. The highest BCUT2D eigenvalue weighted by molar-refractivity contribution is 5.78. The maximum Gasteiger partial charge on any atom is 0.222 e. The normalized spacial score (nSPS) is 20.6. The van der Waals surface area contributed by atoms with Crippen LogP contribution < -0.4 is 5.32 Å². The molecule has 0 spiro atoms. The summed E-state index contributed by atoms with van der Waals surface area (Å²) in [4.78, 5) is 13.5. The molecule has 1 fully saturated rings. The first-order valence-corrected chi connectivity index (χ1v) is 6.53. The van der Waals surface area contributed by atoms with Crippen molar-refractivity contribution in [3.8, 4) is 0 Å². The smallest absolute Gasteiger partial charge is 0.222 e. The lowest BCUT2D eigenvalue weighted by Crippen LogP contribution is -2.43. The molecule has 2 atom stereocenters. The van der Waals surface area contributed by atoms with Crippen LogP contribution in [0.5, 0.6) is 0 Å². The second-order valence-electron chi connectivity index (χ2n) is 5.54. The van der Waals surface area contributed by atoms with Gasteiger partial charge in [-0.05, 0) is 32.6 Å². The van der Waals surface area contributed by atoms with E-state index in [2.05, 4.69) is 33.0 Å². The summed E-state index contributed by atoms with van der Waals surface area (Å²) in [5.41, 5.74) is 0. The van der Waals surface area contributed by atoms with Crippen LogP contribution in [0.4, 0.5) is 0 Å². The van der Waals surface area contributed by atoms with Gasteiger partial charge in [0.25, 0.3) is 0 Å². The first-order valence-electron chi connectivity index (χ1n) is 6.53. The Morgan fingerprint density at radius 2 is 1.94 bits per heavy atom. The summed E-state index contributed by atoms with van der Waals surface area (Å²) in [5, 5.41) is 3.56. The molecule has 3 nitrogen and oxygen atoms in total. The van der Waals surface area contributed by atoms with Gasteiger partial charge in [-0.25, -0.2) is 0 Å². The molecule has 3 heteroatoms. The summed E-state index contributed by atoms with van der Waals surface area (Å²) in [6.07, 6.45) is 2.97. The predicted molar refractivity (Wildman–Crippen MR) is 67.3 cm³/mol. The predicted octanol–water partition coefficient (Wildman–Crippen LogP) is 2.02. The lowest BCUT2D eigenvalue weighted by atomic mass is 10.0. The molecule has 0 aromatic heterocycles. The minimum Gasteiger partial charge on any atom is -0.341 e. The van der Waals surface area contributed by atoms with Gasteiger partial charge in [0.05, 0.1) is 0 Å². The third-order valence-corrected chi connectivity index (χ3v) is 3.06. The lowest BCUT2D eigenvalue weighted by Gasteiger charge is -2.25. The SMILES string of the molecule is CC(C)CC(C)NC(C)CN1CCCC1=O. The molecular formula is C13H26N2O. The Balaban J connectivity index is 2.24. The number of likely N-dealkylation sites (tertiary alicyclic amines) is 1. The van der Waals surface area contributed by atoms with Gasteiger partial charge in [-0.3, -0.25) is 4.79 Å². The van der Waals surface area contributed by atoms with Gasteiger partial charge in [-0.15, -0.1) is 0 Å². The average molecular weight is 226 g/mol. The summed E-state index contributed by atoms with van der Waals surface area (Å²) >= 11 is 0. The maximum absolute atomic E-state index is 11.5. The van der Waals surface area contributed by atoms with E-state index in [4.69, 9.17) is 0 Å². The number of nitrogens with one attached hydrogen (secondary N) is 1. The van der Waals surface area contributed by atoms with Crippen LogP contribution >= 0.6 is 0 Å². The molecular weight excluding hydrogens is 200 g/mol. The summed E-state index contributed by atoms with van der Waals surface area (Å²) in [5.74, 6) is 1.05. The molecule has 0 saturated carbocycles. The van der Waals surface area contributed by atoms with Crippen LogP contribution in [0.25, 0.3) is 0 Å². The summed E-state index contributed by atoms with van der Waals surface area (Å²) in [6.45, 7) is 10.7. The molecule has 0 aromatic rings. The van der Waals surface area contributed by atoms with E-state index in [1.54, 1.807) is 0 Å². The highest BCUT2D eigenvalue weighted by Gasteiger charge is 2.22. The lowest BCUT2D eigenvalue weighted by molar-refractivity contribution is -0.127. The Hall–Kier alpha value is -0.570. The summed E-state index contributed by atoms with van der Waals surface area (Å²) in [6, 6.07) is 0.934. The zero-order valence-corrected chi connectivity index (χ0v) is 11.1. The molecule has 1 aliphatic rings. The third-order valence-electron chi connectivity index (χ3n) is 3.06. The molecule has 1 amide bonds. The standard InChI is InChI=1S/C13H26N2O/c1-10(2)8-11(3)14-12(4)9-15-7-5-6-13(15)16/h10-12,14H,5-9H2,1-4H3. The van der Waals surface area contributed by atoms with Crippen molar-refractivity contribution in [2.45, 2.75) is 59.0 Å². The second kappa shape index (κ2) is 6.24. The Bertz CT molecular complexity index is 228. The van der Waals surface area contributed by atoms with Gasteiger partial charge in [0.15, 0.2) is 0 Å². The van der Waals surface area contributed by atoms with Crippen molar-refractivity contribution in [2.75, 3.05) is 13.1 Å². The van der Waals surface area contributed by atoms with Crippen molar-refractivity contribution in [3.05, 3.63) is 0 Å². The van der Waals surface area contributed by atoms with Crippen LogP contribution in [0, 0.1) is 5.92 Å². The van der Waals surface area contributed by atoms with Crippen LogP contribution in [-0.4, -0.2) is 36.0 Å². The van der Waals surface area contributed by atoms with E-state index in [0.29, 0.717) is 18.0 Å². The van der Waals surface area contributed by atoms with Gasteiger partial charge in [0.1, 0.15) is 0 Å². The molecule has 1 N–H and O–H groups in total. The monoisotopic (exact) mass is 226 g/mol. The van der Waals surface area contributed by atoms with Crippen molar-refractivity contribution in [3.63, 3.8) is 0 Å². The van der Waals surface area contributed by atoms with Crippen LogP contribution in [0.1, 0.15) is 47.0 Å². The van der Waals surface area contributed by atoms with Gasteiger partial charge >= 0.3 is 0 Å².